The van der Waals surface area contributed by atoms with E-state index in [-0.39, 0.29) is 18.0 Å². The molecule has 0 aliphatic heterocycles. The SMILES string of the molecule is CCOc1cc([C@H](N)C(F)(F)CO)ccc1OC.Cl. The van der Waals surface area contributed by atoms with E-state index in [1.807, 2.05) is 0 Å². The fourth-order valence-electron chi connectivity index (χ4n) is 1.50. The van der Waals surface area contributed by atoms with E-state index < -0.39 is 18.6 Å². The number of aliphatic hydroxyl groups excluding tert-OH is 1. The van der Waals surface area contributed by atoms with Crippen LogP contribution in [0.2, 0.25) is 0 Å². The van der Waals surface area contributed by atoms with Gasteiger partial charge >= 0.3 is 0 Å². The van der Waals surface area contributed by atoms with Crippen LogP contribution in [-0.4, -0.2) is 31.4 Å². The van der Waals surface area contributed by atoms with Gasteiger partial charge in [-0.2, -0.15) is 0 Å². The van der Waals surface area contributed by atoms with Crippen molar-refractivity contribution in [3.05, 3.63) is 23.8 Å². The van der Waals surface area contributed by atoms with Crippen molar-refractivity contribution in [2.24, 2.45) is 5.73 Å². The van der Waals surface area contributed by atoms with E-state index in [4.69, 9.17) is 20.3 Å². The molecule has 0 radical (unpaired) electrons. The summed E-state index contributed by atoms with van der Waals surface area (Å²) in [6.45, 7) is 0.851. The number of alkyl halides is 2. The molecule has 1 rings (SSSR count). The summed E-state index contributed by atoms with van der Waals surface area (Å²) in [4.78, 5) is 0. The number of benzene rings is 1. The largest absolute Gasteiger partial charge is 0.493 e. The maximum absolute atomic E-state index is 13.3. The smallest absolute Gasteiger partial charge is 0.289 e. The van der Waals surface area contributed by atoms with Gasteiger partial charge in [-0.15, -0.1) is 12.4 Å². The van der Waals surface area contributed by atoms with Gasteiger partial charge in [-0.05, 0) is 24.6 Å². The molecule has 7 heteroatoms. The maximum Gasteiger partial charge on any atom is 0.289 e. The molecule has 0 fully saturated rings. The van der Waals surface area contributed by atoms with Crippen LogP contribution >= 0.6 is 12.4 Å². The molecule has 0 aromatic heterocycles. The lowest BCUT2D eigenvalue weighted by Gasteiger charge is -2.22. The van der Waals surface area contributed by atoms with Gasteiger partial charge in [0.2, 0.25) is 0 Å². The number of hydrogen-bond acceptors (Lipinski definition) is 4. The number of aliphatic hydroxyl groups is 1. The molecular formula is C12H18ClF2NO3. The molecule has 0 saturated heterocycles. The quantitative estimate of drug-likeness (QED) is 0.844. The minimum atomic E-state index is -3.38. The first kappa shape index (κ1) is 17.9. The number of nitrogens with two attached hydrogens (primary N) is 1. The topological polar surface area (TPSA) is 64.7 Å². The molecule has 3 N–H and O–H groups in total. The van der Waals surface area contributed by atoms with Gasteiger partial charge in [-0.1, -0.05) is 6.07 Å². The molecule has 0 aliphatic rings. The number of hydrogen-bond donors (Lipinski definition) is 2. The van der Waals surface area contributed by atoms with E-state index >= 15 is 0 Å². The second-order valence-electron chi connectivity index (χ2n) is 3.74. The third-order valence-electron chi connectivity index (χ3n) is 2.51. The molecule has 0 saturated carbocycles. The zero-order valence-corrected chi connectivity index (χ0v) is 11.5. The van der Waals surface area contributed by atoms with E-state index in [0.29, 0.717) is 18.1 Å². The van der Waals surface area contributed by atoms with Crippen LogP contribution in [0.5, 0.6) is 11.5 Å². The second-order valence-corrected chi connectivity index (χ2v) is 3.74. The third-order valence-corrected chi connectivity index (χ3v) is 2.51. The molecule has 0 heterocycles. The molecule has 0 bridgehead atoms. The Hall–Kier alpha value is -1.11. The van der Waals surface area contributed by atoms with Gasteiger partial charge in [-0.3, -0.25) is 0 Å². The van der Waals surface area contributed by atoms with E-state index in [1.165, 1.54) is 25.3 Å². The Kier molecular flexibility index (Phi) is 7.04. The van der Waals surface area contributed by atoms with E-state index in [1.54, 1.807) is 6.92 Å². The Morgan fingerprint density at radius 2 is 2.00 bits per heavy atom. The Labute approximate surface area is 116 Å². The van der Waals surface area contributed by atoms with Gasteiger partial charge in [0.05, 0.1) is 19.8 Å². The summed E-state index contributed by atoms with van der Waals surface area (Å²) >= 11 is 0. The predicted molar refractivity (Wildman–Crippen MR) is 70.4 cm³/mol. The summed E-state index contributed by atoms with van der Waals surface area (Å²) in [7, 11) is 1.46. The summed E-state index contributed by atoms with van der Waals surface area (Å²) in [6.07, 6.45) is 0. The van der Waals surface area contributed by atoms with Gasteiger partial charge in [0.1, 0.15) is 6.61 Å². The molecule has 19 heavy (non-hydrogen) atoms. The summed E-state index contributed by atoms with van der Waals surface area (Å²) in [5.74, 6) is -2.58. The highest BCUT2D eigenvalue weighted by Gasteiger charge is 2.37. The van der Waals surface area contributed by atoms with Crippen LogP contribution in [0.25, 0.3) is 0 Å². The van der Waals surface area contributed by atoms with Crippen molar-refractivity contribution < 1.29 is 23.4 Å². The van der Waals surface area contributed by atoms with E-state index in [2.05, 4.69) is 0 Å². The van der Waals surface area contributed by atoms with Crippen LogP contribution in [0.4, 0.5) is 8.78 Å². The van der Waals surface area contributed by atoms with Crippen molar-refractivity contribution in [3.8, 4) is 11.5 Å². The maximum atomic E-state index is 13.3. The fourth-order valence-corrected chi connectivity index (χ4v) is 1.50. The van der Waals surface area contributed by atoms with Crippen LogP contribution in [0.15, 0.2) is 18.2 Å². The molecule has 0 unspecified atom stereocenters. The summed E-state index contributed by atoms with van der Waals surface area (Å²) < 4.78 is 36.9. The third kappa shape index (κ3) is 4.19. The number of rotatable bonds is 6. The lowest BCUT2D eigenvalue weighted by atomic mass is 10.0. The standard InChI is InChI=1S/C12H17F2NO3.ClH/c1-3-18-10-6-8(4-5-9(10)17-2)11(15)12(13,14)7-16;/h4-6,11,16H,3,7,15H2,1-2H3;1H/t11-;/m0./s1. The Balaban J connectivity index is 0.00000324. The van der Waals surface area contributed by atoms with Gasteiger partial charge in [-0.25, -0.2) is 8.78 Å². The Morgan fingerprint density at radius 3 is 2.47 bits per heavy atom. The first-order valence-corrected chi connectivity index (χ1v) is 5.51. The normalized spacial score (nSPS) is 12.5. The molecule has 1 aromatic rings. The van der Waals surface area contributed by atoms with Crippen molar-refractivity contribution >= 4 is 12.4 Å². The first-order valence-electron chi connectivity index (χ1n) is 5.51. The van der Waals surface area contributed by atoms with Crippen LogP contribution in [0, 0.1) is 0 Å². The summed E-state index contributed by atoms with van der Waals surface area (Å²) in [6, 6.07) is 2.74. The second kappa shape index (κ2) is 7.47. The van der Waals surface area contributed by atoms with Crippen molar-refractivity contribution in [2.45, 2.75) is 18.9 Å². The highest BCUT2D eigenvalue weighted by atomic mass is 35.5. The predicted octanol–water partition coefficient (Wildman–Crippen LogP) is 2.14. The average molecular weight is 298 g/mol. The highest BCUT2D eigenvalue weighted by molar-refractivity contribution is 5.85. The fraction of sp³-hybridized carbons (Fsp3) is 0.500. The van der Waals surface area contributed by atoms with E-state index in [0.717, 1.165) is 0 Å². The molecule has 0 spiro atoms. The lowest BCUT2D eigenvalue weighted by molar-refractivity contribution is -0.0712. The minimum absolute atomic E-state index is 0. The Bertz CT molecular complexity index is 405. The van der Waals surface area contributed by atoms with Crippen molar-refractivity contribution in [1.29, 1.82) is 0 Å². The molecule has 1 aromatic carbocycles. The molecule has 4 nitrogen and oxygen atoms in total. The van der Waals surface area contributed by atoms with Gasteiger partial charge < -0.3 is 20.3 Å². The molecule has 0 aliphatic carbocycles. The van der Waals surface area contributed by atoms with E-state index in [9.17, 15) is 8.78 Å². The lowest BCUT2D eigenvalue weighted by Crippen LogP contribution is -2.36. The van der Waals surface area contributed by atoms with Crippen LogP contribution < -0.4 is 15.2 Å². The number of ether oxygens (including phenoxy) is 2. The number of methoxy groups -OCH3 is 1. The van der Waals surface area contributed by atoms with Gasteiger partial charge in [0.25, 0.3) is 5.92 Å². The first-order chi connectivity index (χ1) is 8.46. The van der Waals surface area contributed by atoms with Crippen LogP contribution in [0.3, 0.4) is 0 Å². The zero-order valence-electron chi connectivity index (χ0n) is 10.7. The monoisotopic (exact) mass is 297 g/mol. The molecular weight excluding hydrogens is 280 g/mol. The van der Waals surface area contributed by atoms with Crippen molar-refractivity contribution in [1.82, 2.24) is 0 Å². The Morgan fingerprint density at radius 1 is 1.37 bits per heavy atom. The van der Waals surface area contributed by atoms with Gasteiger partial charge in [0, 0.05) is 0 Å². The van der Waals surface area contributed by atoms with Gasteiger partial charge in [0.15, 0.2) is 11.5 Å². The minimum Gasteiger partial charge on any atom is -0.493 e. The van der Waals surface area contributed by atoms with Crippen molar-refractivity contribution in [2.75, 3.05) is 20.3 Å². The van der Waals surface area contributed by atoms with Crippen LogP contribution in [-0.2, 0) is 0 Å². The summed E-state index contributed by atoms with van der Waals surface area (Å²) in [5, 5.41) is 8.61. The molecule has 1 atom stereocenters. The molecule has 0 amide bonds. The highest BCUT2D eigenvalue weighted by Crippen LogP contribution is 2.34. The molecule has 110 valence electrons. The van der Waals surface area contributed by atoms with Crippen molar-refractivity contribution in [3.63, 3.8) is 0 Å². The average Bonchev–Trinajstić information content (AvgIpc) is 2.38. The van der Waals surface area contributed by atoms with Crippen LogP contribution in [0.1, 0.15) is 18.5 Å². The summed E-state index contributed by atoms with van der Waals surface area (Å²) in [5.41, 5.74) is 5.61. The number of halogens is 3. The zero-order chi connectivity index (χ0) is 13.8.